The summed E-state index contributed by atoms with van der Waals surface area (Å²) in [4.78, 5) is 42.0. The zero-order valence-corrected chi connectivity index (χ0v) is 27.2. The van der Waals surface area contributed by atoms with Crippen LogP contribution in [0.5, 0.6) is 0 Å². The average molecular weight is 634 g/mol. The molecule has 40 heavy (non-hydrogen) atoms. The Morgan fingerprint density at radius 3 is 2.27 bits per heavy atom. The molecule has 1 aliphatic rings. The predicted octanol–water partition coefficient (Wildman–Crippen LogP) is 7.10. The third kappa shape index (κ3) is 6.31. The Bertz CT molecular complexity index is 1500. The molecule has 7 nitrogen and oxygen atoms in total. The van der Waals surface area contributed by atoms with E-state index in [0.29, 0.717) is 15.6 Å². The number of fused-ring (bicyclic) bond motifs is 1. The van der Waals surface area contributed by atoms with E-state index in [-0.39, 0.29) is 12.6 Å². The number of benzene rings is 1. The Hall–Kier alpha value is -2.23. The maximum atomic E-state index is 14.2. The molecule has 1 unspecified atom stereocenters. The number of rotatable bonds is 7. The van der Waals surface area contributed by atoms with Gasteiger partial charge in [-0.15, -0.1) is 11.3 Å². The first kappa shape index (κ1) is 30.7. The number of carbonyl (C=O) groups excluding carboxylic acids is 1. The van der Waals surface area contributed by atoms with Gasteiger partial charge in [-0.05, 0) is 99.7 Å². The van der Waals surface area contributed by atoms with Crippen molar-refractivity contribution in [2.45, 2.75) is 111 Å². The van der Waals surface area contributed by atoms with E-state index >= 15 is 0 Å². The van der Waals surface area contributed by atoms with Crippen LogP contribution in [0.25, 0.3) is 10.2 Å². The molecular formula is C31H41BrN2O5S. The highest BCUT2D eigenvalue weighted by Gasteiger charge is 2.39. The molecule has 2 aromatic heterocycles. The van der Waals surface area contributed by atoms with Gasteiger partial charge in [-0.2, -0.15) is 0 Å². The lowest BCUT2D eigenvalue weighted by Gasteiger charge is -2.36. The molecule has 0 N–H and O–H groups in total. The van der Waals surface area contributed by atoms with E-state index in [2.05, 4.69) is 29.8 Å². The monoisotopic (exact) mass is 632 g/mol. The highest BCUT2D eigenvalue weighted by atomic mass is 79.9. The summed E-state index contributed by atoms with van der Waals surface area (Å²) in [5.41, 5.74) is -1.37. The molecule has 0 amide bonds. The fourth-order valence-corrected chi connectivity index (χ4v) is 6.96. The van der Waals surface area contributed by atoms with E-state index < -0.39 is 34.5 Å². The lowest BCUT2D eigenvalue weighted by Crippen LogP contribution is -2.54. The summed E-state index contributed by atoms with van der Waals surface area (Å²) < 4.78 is 15.8. The fraction of sp³-hybridized carbons (Fsp3) is 0.581. The van der Waals surface area contributed by atoms with Crippen molar-refractivity contribution >= 4 is 43.5 Å². The normalized spacial score (nSPS) is 17.2. The van der Waals surface area contributed by atoms with Crippen molar-refractivity contribution in [2.24, 2.45) is 5.41 Å². The molecule has 218 valence electrons. The first-order valence-electron chi connectivity index (χ1n) is 13.9. The number of thiophene rings is 1. The summed E-state index contributed by atoms with van der Waals surface area (Å²) in [5, 5.41) is 0.416. The molecule has 1 aromatic carbocycles. The minimum Gasteiger partial charge on any atom is -0.458 e. The number of esters is 1. The summed E-state index contributed by atoms with van der Waals surface area (Å²) in [6.45, 7) is 15.0. The molecule has 1 saturated carbocycles. The first-order valence-corrected chi connectivity index (χ1v) is 15.5. The number of ether oxygens (including phenoxy) is 2. The van der Waals surface area contributed by atoms with Gasteiger partial charge < -0.3 is 9.47 Å². The van der Waals surface area contributed by atoms with Crippen LogP contribution >= 0.6 is 27.3 Å². The van der Waals surface area contributed by atoms with Crippen molar-refractivity contribution < 1.29 is 14.3 Å². The largest absolute Gasteiger partial charge is 0.458 e. The molecule has 0 bridgehead atoms. The van der Waals surface area contributed by atoms with Gasteiger partial charge in [0.2, 0.25) is 0 Å². The Labute approximate surface area is 248 Å². The molecule has 0 radical (unpaired) electrons. The van der Waals surface area contributed by atoms with Gasteiger partial charge in [-0.3, -0.25) is 9.36 Å². The quantitative estimate of drug-likeness (QED) is 0.260. The maximum Gasteiger partial charge on any atom is 0.333 e. The zero-order valence-electron chi connectivity index (χ0n) is 24.8. The summed E-state index contributed by atoms with van der Waals surface area (Å²) in [6, 6.07) is 9.90. The maximum absolute atomic E-state index is 14.2. The van der Waals surface area contributed by atoms with Crippen LogP contribution in [-0.4, -0.2) is 26.8 Å². The molecule has 9 heteroatoms. The van der Waals surface area contributed by atoms with Crippen molar-refractivity contribution in [3.05, 3.63) is 66.1 Å². The van der Waals surface area contributed by atoms with Crippen LogP contribution in [0.2, 0.25) is 0 Å². The minimum absolute atomic E-state index is 0.0744. The van der Waals surface area contributed by atoms with Gasteiger partial charge in [-0.1, -0.05) is 44.2 Å². The van der Waals surface area contributed by atoms with E-state index in [4.69, 9.17) is 9.47 Å². The summed E-state index contributed by atoms with van der Waals surface area (Å²) in [6.07, 6.45) is 3.73. The van der Waals surface area contributed by atoms with Gasteiger partial charge in [0.25, 0.3) is 5.56 Å². The average Bonchev–Trinajstić information content (AvgIpc) is 3.15. The van der Waals surface area contributed by atoms with Crippen LogP contribution < -0.4 is 11.2 Å². The molecule has 1 aliphatic carbocycles. The summed E-state index contributed by atoms with van der Waals surface area (Å²) in [7, 11) is 0. The predicted molar refractivity (Wildman–Crippen MR) is 164 cm³/mol. The van der Waals surface area contributed by atoms with E-state index in [1.54, 1.807) is 39.2 Å². The van der Waals surface area contributed by atoms with Crippen LogP contribution in [0.15, 0.2) is 43.7 Å². The Morgan fingerprint density at radius 2 is 1.70 bits per heavy atom. The van der Waals surface area contributed by atoms with Gasteiger partial charge in [-0.25, -0.2) is 14.2 Å². The Balaban J connectivity index is 1.86. The molecule has 2 heterocycles. The van der Waals surface area contributed by atoms with Gasteiger partial charge in [0.15, 0.2) is 0 Å². The van der Waals surface area contributed by atoms with Crippen molar-refractivity contribution in [3.8, 4) is 0 Å². The van der Waals surface area contributed by atoms with E-state index in [1.807, 2.05) is 37.3 Å². The van der Waals surface area contributed by atoms with Crippen LogP contribution in [0.3, 0.4) is 0 Å². The number of aromatic nitrogens is 2. The third-order valence-electron chi connectivity index (χ3n) is 7.77. The van der Waals surface area contributed by atoms with Crippen LogP contribution in [0, 0.1) is 12.3 Å². The Kier molecular flexibility index (Phi) is 8.61. The SMILES string of the molecule is Cc1c(Br)sc2c1c(=O)n(C(C)(C)C(=O)OC(C)(C)C)c(=O)n2CC(OC1CCC(C)(C)CC1)c1ccccc1. The van der Waals surface area contributed by atoms with Crippen LogP contribution in [-0.2, 0) is 26.4 Å². The zero-order chi connectivity index (χ0) is 29.6. The number of nitrogens with zero attached hydrogens (tertiary/aromatic N) is 2. The molecule has 0 aliphatic heterocycles. The minimum atomic E-state index is -1.53. The van der Waals surface area contributed by atoms with Crippen LogP contribution in [0.4, 0.5) is 0 Å². The summed E-state index contributed by atoms with van der Waals surface area (Å²) >= 11 is 4.93. The number of carbonyl (C=O) groups is 1. The van der Waals surface area contributed by atoms with E-state index in [9.17, 15) is 14.4 Å². The van der Waals surface area contributed by atoms with E-state index in [0.717, 1.165) is 45.2 Å². The lowest BCUT2D eigenvalue weighted by molar-refractivity contribution is -0.164. The third-order valence-corrected chi connectivity index (χ3v) is 9.96. The highest BCUT2D eigenvalue weighted by Crippen LogP contribution is 2.39. The second-order valence-electron chi connectivity index (χ2n) is 13.2. The number of halogens is 1. The first-order chi connectivity index (χ1) is 18.5. The molecule has 1 fully saturated rings. The van der Waals surface area contributed by atoms with Gasteiger partial charge in [0.1, 0.15) is 22.1 Å². The fourth-order valence-electron chi connectivity index (χ4n) is 5.27. The summed E-state index contributed by atoms with van der Waals surface area (Å²) in [5.74, 6) is -0.641. The lowest BCUT2D eigenvalue weighted by atomic mass is 9.76. The Morgan fingerprint density at radius 1 is 1.10 bits per heavy atom. The van der Waals surface area contributed by atoms with Crippen molar-refractivity contribution in [3.63, 3.8) is 0 Å². The highest BCUT2D eigenvalue weighted by molar-refractivity contribution is 9.11. The van der Waals surface area contributed by atoms with Crippen molar-refractivity contribution in [1.82, 2.24) is 9.13 Å². The molecular weight excluding hydrogens is 592 g/mol. The van der Waals surface area contributed by atoms with Crippen molar-refractivity contribution in [2.75, 3.05) is 0 Å². The second kappa shape index (κ2) is 11.2. The number of hydrogen-bond acceptors (Lipinski definition) is 6. The van der Waals surface area contributed by atoms with Gasteiger partial charge in [0, 0.05) is 0 Å². The van der Waals surface area contributed by atoms with Crippen LogP contribution in [0.1, 0.15) is 91.4 Å². The second-order valence-corrected chi connectivity index (χ2v) is 15.5. The molecule has 3 aromatic rings. The number of aryl methyl sites for hydroxylation is 1. The van der Waals surface area contributed by atoms with Crippen molar-refractivity contribution in [1.29, 1.82) is 0 Å². The standard InChI is InChI=1S/C31H41BrN2O5S/c1-19-23-25(35)34(31(7,8)27(36)39-29(2,3)4)28(37)33(26(23)40-24(19)32)18-22(20-12-10-9-11-13-20)38-21-14-16-30(5,6)17-15-21/h9-13,21-22H,14-18H2,1-8H3. The van der Waals surface area contributed by atoms with E-state index in [1.165, 1.54) is 11.3 Å². The molecule has 0 saturated heterocycles. The number of hydrogen-bond donors (Lipinski definition) is 0. The molecule has 1 atom stereocenters. The smallest absolute Gasteiger partial charge is 0.333 e. The van der Waals surface area contributed by atoms with Gasteiger partial charge >= 0.3 is 11.7 Å². The molecule has 4 rings (SSSR count). The van der Waals surface area contributed by atoms with Gasteiger partial charge in [0.05, 0.1) is 21.8 Å². The molecule has 0 spiro atoms. The topological polar surface area (TPSA) is 79.5 Å².